The summed E-state index contributed by atoms with van der Waals surface area (Å²) in [4.78, 5) is 14.5. The second-order valence-electron chi connectivity index (χ2n) is 3.46. The van der Waals surface area contributed by atoms with Crippen LogP contribution in [0.25, 0.3) is 0 Å². The van der Waals surface area contributed by atoms with Gasteiger partial charge in [-0.25, -0.2) is 0 Å². The van der Waals surface area contributed by atoms with Gasteiger partial charge in [-0.1, -0.05) is 0 Å². The zero-order valence-corrected chi connectivity index (χ0v) is 8.09. The van der Waals surface area contributed by atoms with E-state index >= 15 is 0 Å². The summed E-state index contributed by atoms with van der Waals surface area (Å²) in [6, 6.07) is 3.03. The molecule has 1 fully saturated rings. The molecule has 5 heteroatoms. The molecule has 0 aliphatic carbocycles. The molecule has 5 nitrogen and oxygen atoms in total. The van der Waals surface area contributed by atoms with Gasteiger partial charge >= 0.3 is 5.97 Å². The molecule has 2 unspecified atom stereocenters. The summed E-state index contributed by atoms with van der Waals surface area (Å²) in [5.41, 5.74) is 0. The highest BCUT2D eigenvalue weighted by molar-refractivity contribution is 5.73. The largest absolute Gasteiger partial charge is 0.489 e. The Labute approximate surface area is 87.1 Å². The van der Waals surface area contributed by atoms with Gasteiger partial charge in [-0.05, 0) is 12.1 Å². The van der Waals surface area contributed by atoms with Crippen molar-refractivity contribution in [3.8, 4) is 5.75 Å². The average molecular weight is 208 g/mol. The Morgan fingerprint density at radius 1 is 1.53 bits per heavy atom. The second kappa shape index (κ2) is 4.27. The van der Waals surface area contributed by atoms with Gasteiger partial charge in [0.05, 0.1) is 0 Å². The van der Waals surface area contributed by atoms with E-state index in [1.54, 1.807) is 24.5 Å². The molecule has 15 heavy (non-hydrogen) atoms. The highest BCUT2D eigenvalue weighted by Crippen LogP contribution is 2.15. The maximum absolute atomic E-state index is 10.7. The van der Waals surface area contributed by atoms with Crippen LogP contribution in [-0.4, -0.2) is 34.8 Å². The van der Waals surface area contributed by atoms with E-state index in [4.69, 9.17) is 9.84 Å². The van der Waals surface area contributed by atoms with Crippen LogP contribution in [0.1, 0.15) is 6.42 Å². The number of nitrogens with one attached hydrogen (secondary N) is 1. The Hall–Kier alpha value is -1.62. The van der Waals surface area contributed by atoms with Crippen molar-refractivity contribution < 1.29 is 14.6 Å². The van der Waals surface area contributed by atoms with Crippen molar-refractivity contribution in [2.24, 2.45) is 0 Å². The van der Waals surface area contributed by atoms with Crippen LogP contribution in [0.2, 0.25) is 0 Å². The van der Waals surface area contributed by atoms with Gasteiger partial charge in [0.1, 0.15) is 17.9 Å². The molecule has 1 aromatic rings. The third-order valence-corrected chi connectivity index (χ3v) is 2.34. The van der Waals surface area contributed by atoms with E-state index in [2.05, 4.69) is 10.3 Å². The molecule has 0 saturated carbocycles. The van der Waals surface area contributed by atoms with Crippen LogP contribution in [0, 0.1) is 0 Å². The molecule has 1 aromatic heterocycles. The highest BCUT2D eigenvalue weighted by Gasteiger charge is 2.30. The van der Waals surface area contributed by atoms with Crippen molar-refractivity contribution in [3.63, 3.8) is 0 Å². The van der Waals surface area contributed by atoms with Gasteiger partial charge in [0.15, 0.2) is 0 Å². The van der Waals surface area contributed by atoms with Gasteiger partial charge in [-0.2, -0.15) is 0 Å². The van der Waals surface area contributed by atoms with Crippen LogP contribution in [0.5, 0.6) is 5.75 Å². The first kappa shape index (κ1) is 9.92. The Morgan fingerprint density at radius 2 is 2.27 bits per heavy atom. The van der Waals surface area contributed by atoms with Crippen molar-refractivity contribution in [2.75, 3.05) is 6.54 Å². The maximum Gasteiger partial charge on any atom is 0.320 e. The molecule has 2 atom stereocenters. The van der Waals surface area contributed by atoms with Gasteiger partial charge in [-0.15, -0.1) is 0 Å². The van der Waals surface area contributed by atoms with Gasteiger partial charge in [0.25, 0.3) is 0 Å². The first-order chi connectivity index (χ1) is 7.25. The molecule has 0 aromatic carbocycles. The molecular formula is C10H12N2O3. The van der Waals surface area contributed by atoms with E-state index in [0.717, 1.165) is 5.75 Å². The van der Waals surface area contributed by atoms with Crippen LogP contribution in [-0.2, 0) is 4.79 Å². The number of carboxylic acids is 1. The Kier molecular flexibility index (Phi) is 2.82. The highest BCUT2D eigenvalue weighted by atomic mass is 16.5. The van der Waals surface area contributed by atoms with Crippen molar-refractivity contribution in [2.45, 2.75) is 18.6 Å². The SMILES string of the molecule is O=C(O)C1CC(Oc2ccncc2)CN1. The smallest absolute Gasteiger partial charge is 0.320 e. The number of hydrogen-bond donors (Lipinski definition) is 2. The molecule has 2 heterocycles. The van der Waals surface area contributed by atoms with E-state index in [0.29, 0.717) is 13.0 Å². The van der Waals surface area contributed by atoms with E-state index in [1.807, 2.05) is 0 Å². The quantitative estimate of drug-likeness (QED) is 0.746. The van der Waals surface area contributed by atoms with E-state index < -0.39 is 12.0 Å². The lowest BCUT2D eigenvalue weighted by atomic mass is 10.2. The Balaban J connectivity index is 1.90. The lowest BCUT2D eigenvalue weighted by molar-refractivity contribution is -0.139. The minimum atomic E-state index is -0.823. The van der Waals surface area contributed by atoms with E-state index in [-0.39, 0.29) is 6.10 Å². The summed E-state index contributed by atoms with van der Waals surface area (Å²) in [7, 11) is 0. The van der Waals surface area contributed by atoms with Gasteiger partial charge in [0, 0.05) is 25.4 Å². The lowest BCUT2D eigenvalue weighted by Crippen LogP contribution is -2.30. The first-order valence-electron chi connectivity index (χ1n) is 4.78. The molecule has 2 rings (SSSR count). The summed E-state index contributed by atoms with van der Waals surface area (Å²) in [5, 5.41) is 11.7. The number of hydrogen-bond acceptors (Lipinski definition) is 4. The van der Waals surface area contributed by atoms with Crippen molar-refractivity contribution in [1.29, 1.82) is 0 Å². The summed E-state index contributed by atoms with van der Waals surface area (Å²) in [6.45, 7) is 0.569. The van der Waals surface area contributed by atoms with Gasteiger partial charge < -0.3 is 15.2 Å². The number of nitrogens with zero attached hydrogens (tertiary/aromatic N) is 1. The number of aliphatic carboxylic acids is 1. The number of ether oxygens (including phenoxy) is 1. The normalized spacial score (nSPS) is 25.1. The molecule has 80 valence electrons. The van der Waals surface area contributed by atoms with Crippen molar-refractivity contribution in [1.82, 2.24) is 10.3 Å². The van der Waals surface area contributed by atoms with Crippen LogP contribution >= 0.6 is 0 Å². The van der Waals surface area contributed by atoms with Gasteiger partial charge in [-0.3, -0.25) is 9.78 Å². The number of carboxylic acid groups (broad SMARTS) is 1. The Morgan fingerprint density at radius 3 is 2.87 bits per heavy atom. The topological polar surface area (TPSA) is 71.5 Å². The fourth-order valence-electron chi connectivity index (χ4n) is 1.59. The van der Waals surface area contributed by atoms with Crippen molar-refractivity contribution in [3.05, 3.63) is 24.5 Å². The number of pyridine rings is 1. The maximum atomic E-state index is 10.7. The summed E-state index contributed by atoms with van der Waals surface area (Å²) < 4.78 is 5.59. The van der Waals surface area contributed by atoms with E-state index in [1.165, 1.54) is 0 Å². The monoisotopic (exact) mass is 208 g/mol. The molecule has 0 spiro atoms. The zero-order chi connectivity index (χ0) is 10.7. The summed E-state index contributed by atoms with van der Waals surface area (Å²) in [5.74, 6) is -0.0985. The number of rotatable bonds is 3. The fraction of sp³-hybridized carbons (Fsp3) is 0.400. The Bertz CT molecular complexity index is 342. The van der Waals surface area contributed by atoms with E-state index in [9.17, 15) is 4.79 Å². The predicted molar refractivity (Wildman–Crippen MR) is 52.7 cm³/mol. The molecule has 0 bridgehead atoms. The second-order valence-corrected chi connectivity index (χ2v) is 3.46. The molecule has 1 saturated heterocycles. The number of aromatic nitrogens is 1. The number of carbonyl (C=O) groups is 1. The fourth-order valence-corrected chi connectivity index (χ4v) is 1.59. The molecule has 1 aliphatic heterocycles. The standard InChI is InChI=1S/C10H12N2O3/c13-10(14)9-5-8(6-12-9)15-7-1-3-11-4-2-7/h1-4,8-9,12H,5-6H2,(H,13,14). The third-order valence-electron chi connectivity index (χ3n) is 2.34. The lowest BCUT2D eigenvalue weighted by Gasteiger charge is -2.11. The molecule has 1 aliphatic rings. The van der Waals surface area contributed by atoms with Crippen LogP contribution < -0.4 is 10.1 Å². The average Bonchev–Trinajstić information content (AvgIpc) is 2.68. The molecule has 2 N–H and O–H groups in total. The summed E-state index contributed by atoms with van der Waals surface area (Å²) >= 11 is 0. The van der Waals surface area contributed by atoms with Gasteiger partial charge in [0.2, 0.25) is 0 Å². The minimum Gasteiger partial charge on any atom is -0.489 e. The minimum absolute atomic E-state index is 0.0755. The first-order valence-corrected chi connectivity index (χ1v) is 4.78. The summed E-state index contributed by atoms with van der Waals surface area (Å²) in [6.07, 6.45) is 3.71. The molecule has 0 amide bonds. The van der Waals surface area contributed by atoms with Crippen molar-refractivity contribution >= 4 is 5.97 Å². The predicted octanol–water partition coefficient (Wildman–Crippen LogP) is 0.276. The third kappa shape index (κ3) is 2.44. The van der Waals surface area contributed by atoms with Crippen LogP contribution in [0.4, 0.5) is 0 Å². The molecule has 0 radical (unpaired) electrons. The van der Waals surface area contributed by atoms with Crippen LogP contribution in [0.15, 0.2) is 24.5 Å². The zero-order valence-electron chi connectivity index (χ0n) is 8.09. The van der Waals surface area contributed by atoms with Crippen LogP contribution in [0.3, 0.4) is 0 Å². The molecular weight excluding hydrogens is 196 g/mol.